The van der Waals surface area contributed by atoms with Gasteiger partial charge in [-0.3, -0.25) is 4.18 Å². The van der Waals surface area contributed by atoms with E-state index in [1.807, 2.05) is 0 Å². The van der Waals surface area contributed by atoms with Gasteiger partial charge >= 0.3 is 11.9 Å². The summed E-state index contributed by atoms with van der Waals surface area (Å²) in [4.78, 5) is 29.7. The van der Waals surface area contributed by atoms with Crippen molar-refractivity contribution in [1.82, 2.24) is 0 Å². The summed E-state index contributed by atoms with van der Waals surface area (Å²) in [6.45, 7) is -0.926. The Bertz CT molecular complexity index is 1590. The van der Waals surface area contributed by atoms with Crippen molar-refractivity contribution >= 4 is 63.1 Å². The summed E-state index contributed by atoms with van der Waals surface area (Å²) in [6.07, 6.45) is -5.79. The highest BCUT2D eigenvalue weighted by Crippen LogP contribution is 2.33. The molecule has 3 aromatic carbocycles. The molecule has 0 aliphatic carbocycles. The average Bonchev–Trinajstić information content (AvgIpc) is 3.02. The van der Waals surface area contributed by atoms with E-state index in [1.165, 1.54) is 62.8 Å². The van der Waals surface area contributed by atoms with E-state index in [0.717, 1.165) is 19.2 Å². The average molecular weight is 693 g/mol. The summed E-state index contributed by atoms with van der Waals surface area (Å²) < 4.78 is 68.4. The lowest BCUT2D eigenvalue weighted by atomic mass is 10.1. The van der Waals surface area contributed by atoms with Gasteiger partial charge in [0.2, 0.25) is 0 Å². The smallest absolute Gasteiger partial charge is 0.338 e. The van der Waals surface area contributed by atoms with Crippen LogP contribution in [0.5, 0.6) is 11.5 Å². The number of halogens is 4. The standard InChI is InChI=1S/C28H25Cl3FNO10S/c1-38-18-8-4-16(5-9-18)27(34)41-15-24(43-44(36,37)25-13-21(30)20(29)12-22(25)31)26(23(32)14-33-40-3)42-28(35)17-6-10-19(39-2)11-7-17/h4-14,23-24,26H,15H2,1-3H3/t23-,24-,26-/m0/s1. The van der Waals surface area contributed by atoms with E-state index in [4.69, 9.17) is 57.9 Å². The Morgan fingerprint density at radius 3 is 1.89 bits per heavy atom. The van der Waals surface area contributed by atoms with Gasteiger partial charge in [0.1, 0.15) is 30.1 Å². The van der Waals surface area contributed by atoms with Crippen LogP contribution in [-0.2, 0) is 28.6 Å². The second-order valence-corrected chi connectivity index (χ2v) is 11.4. The summed E-state index contributed by atoms with van der Waals surface area (Å²) in [5.41, 5.74) is 0.000462. The number of carbonyl (C=O) groups excluding carboxylic acids is 2. The highest BCUT2D eigenvalue weighted by atomic mass is 35.5. The minimum Gasteiger partial charge on any atom is -0.497 e. The number of alkyl halides is 1. The monoisotopic (exact) mass is 691 g/mol. The fourth-order valence-electron chi connectivity index (χ4n) is 3.52. The maximum Gasteiger partial charge on any atom is 0.338 e. The third-order valence-corrected chi connectivity index (χ3v) is 8.28. The number of hydrogen-bond acceptors (Lipinski definition) is 11. The highest BCUT2D eigenvalue weighted by Gasteiger charge is 2.39. The van der Waals surface area contributed by atoms with Gasteiger partial charge in [0.05, 0.1) is 46.6 Å². The Labute approximate surface area is 267 Å². The predicted octanol–water partition coefficient (Wildman–Crippen LogP) is 5.79. The van der Waals surface area contributed by atoms with Gasteiger partial charge in [0, 0.05) is 0 Å². The molecule has 0 aliphatic heterocycles. The summed E-state index contributed by atoms with van der Waals surface area (Å²) in [7, 11) is -0.912. The molecule has 0 amide bonds. The molecular weight excluding hydrogens is 668 g/mol. The molecule has 0 fully saturated rings. The number of nitrogens with zero attached hydrogens (tertiary/aromatic N) is 1. The van der Waals surface area contributed by atoms with E-state index >= 15 is 4.39 Å². The predicted molar refractivity (Wildman–Crippen MR) is 159 cm³/mol. The van der Waals surface area contributed by atoms with Gasteiger partial charge < -0.3 is 23.8 Å². The molecule has 3 rings (SSSR count). The Hall–Kier alpha value is -3.62. The molecule has 0 aliphatic rings. The summed E-state index contributed by atoms with van der Waals surface area (Å²) in [6, 6.07) is 13.3. The quantitative estimate of drug-likeness (QED) is 0.0671. The van der Waals surface area contributed by atoms with Gasteiger partial charge in [-0.05, 0) is 60.7 Å². The number of carbonyl (C=O) groups is 2. The SMILES string of the molecule is CON=C[C@H](F)[C@H](OC(=O)c1ccc(OC)cc1)[C@H](COC(=O)c1ccc(OC)cc1)OS(=O)(=O)c1cc(Cl)c(Cl)cc1Cl. The Balaban J connectivity index is 2.01. The molecule has 16 heteroatoms. The Morgan fingerprint density at radius 2 is 1.36 bits per heavy atom. The number of methoxy groups -OCH3 is 2. The van der Waals surface area contributed by atoms with E-state index < -0.39 is 51.9 Å². The molecule has 0 heterocycles. The largest absolute Gasteiger partial charge is 0.497 e. The van der Waals surface area contributed by atoms with Gasteiger partial charge in [-0.1, -0.05) is 40.0 Å². The molecule has 0 spiro atoms. The molecule has 236 valence electrons. The molecule has 0 bridgehead atoms. The fraction of sp³-hybridized carbons (Fsp3) is 0.250. The van der Waals surface area contributed by atoms with Gasteiger partial charge in [0.25, 0.3) is 10.1 Å². The number of rotatable bonds is 14. The van der Waals surface area contributed by atoms with Crippen LogP contribution in [0.4, 0.5) is 4.39 Å². The molecule has 44 heavy (non-hydrogen) atoms. The number of hydrogen-bond donors (Lipinski definition) is 0. The van der Waals surface area contributed by atoms with Crippen molar-refractivity contribution in [3.05, 3.63) is 86.9 Å². The number of benzene rings is 3. The zero-order chi connectivity index (χ0) is 32.4. The van der Waals surface area contributed by atoms with Crippen LogP contribution < -0.4 is 9.47 Å². The van der Waals surface area contributed by atoms with E-state index in [0.29, 0.717) is 17.7 Å². The van der Waals surface area contributed by atoms with Crippen LogP contribution >= 0.6 is 34.8 Å². The first kappa shape index (κ1) is 34.9. The van der Waals surface area contributed by atoms with Crippen molar-refractivity contribution < 1.29 is 50.4 Å². The van der Waals surface area contributed by atoms with Gasteiger partial charge in [-0.2, -0.15) is 8.42 Å². The van der Waals surface area contributed by atoms with E-state index in [1.54, 1.807) is 0 Å². The molecule has 0 N–H and O–H groups in total. The van der Waals surface area contributed by atoms with Crippen LogP contribution in [0.25, 0.3) is 0 Å². The molecule has 0 saturated heterocycles. The normalized spacial score (nSPS) is 13.5. The summed E-state index contributed by atoms with van der Waals surface area (Å²) in [5.74, 6) is -1.14. The topological polar surface area (TPSA) is 136 Å². The summed E-state index contributed by atoms with van der Waals surface area (Å²) in [5, 5.41) is 2.73. The highest BCUT2D eigenvalue weighted by molar-refractivity contribution is 7.87. The zero-order valence-electron chi connectivity index (χ0n) is 23.2. The van der Waals surface area contributed by atoms with Gasteiger partial charge in [-0.15, -0.1) is 0 Å². The minimum atomic E-state index is -4.89. The van der Waals surface area contributed by atoms with Crippen LogP contribution in [-0.4, -0.2) is 72.9 Å². The molecule has 3 atom stereocenters. The number of esters is 2. The number of oxime groups is 1. The first-order chi connectivity index (χ1) is 20.9. The van der Waals surface area contributed by atoms with Gasteiger partial charge in [-0.25, -0.2) is 14.0 Å². The fourth-order valence-corrected chi connectivity index (χ4v) is 5.57. The molecule has 0 radical (unpaired) electrons. The first-order valence-corrected chi connectivity index (χ1v) is 14.9. The summed E-state index contributed by atoms with van der Waals surface area (Å²) >= 11 is 18.0. The molecule has 11 nitrogen and oxygen atoms in total. The lowest BCUT2D eigenvalue weighted by Gasteiger charge is -2.27. The Kier molecular flexibility index (Phi) is 12.6. The van der Waals surface area contributed by atoms with E-state index in [9.17, 15) is 18.0 Å². The molecule has 3 aromatic rings. The molecule has 0 aromatic heterocycles. The minimum absolute atomic E-state index is 0.0453. The van der Waals surface area contributed by atoms with Crippen LogP contribution in [0.15, 0.2) is 70.7 Å². The van der Waals surface area contributed by atoms with Crippen molar-refractivity contribution in [3.63, 3.8) is 0 Å². The van der Waals surface area contributed by atoms with E-state index in [2.05, 4.69) is 9.99 Å². The van der Waals surface area contributed by atoms with Crippen molar-refractivity contribution in [1.29, 1.82) is 0 Å². The second-order valence-electron chi connectivity index (χ2n) is 8.59. The van der Waals surface area contributed by atoms with Crippen LogP contribution in [0.2, 0.25) is 15.1 Å². The van der Waals surface area contributed by atoms with Crippen molar-refractivity contribution in [2.45, 2.75) is 23.3 Å². The second kappa shape index (κ2) is 15.9. The van der Waals surface area contributed by atoms with Crippen molar-refractivity contribution in [2.75, 3.05) is 27.9 Å². The third kappa shape index (κ3) is 9.19. The Morgan fingerprint density at radius 1 is 0.841 bits per heavy atom. The van der Waals surface area contributed by atoms with Crippen LogP contribution in [0.1, 0.15) is 20.7 Å². The first-order valence-electron chi connectivity index (χ1n) is 12.3. The maximum absolute atomic E-state index is 15.6. The zero-order valence-corrected chi connectivity index (χ0v) is 26.3. The maximum atomic E-state index is 15.6. The van der Waals surface area contributed by atoms with Crippen molar-refractivity contribution in [2.24, 2.45) is 5.16 Å². The molecule has 0 unspecified atom stereocenters. The lowest BCUT2D eigenvalue weighted by Crippen LogP contribution is -2.45. The van der Waals surface area contributed by atoms with Crippen LogP contribution in [0, 0.1) is 0 Å². The molecular formula is C28H25Cl3FNO10S. The van der Waals surface area contributed by atoms with E-state index in [-0.39, 0.29) is 26.2 Å². The van der Waals surface area contributed by atoms with Crippen molar-refractivity contribution in [3.8, 4) is 11.5 Å². The van der Waals surface area contributed by atoms with Crippen LogP contribution in [0.3, 0.4) is 0 Å². The van der Waals surface area contributed by atoms with Gasteiger partial charge in [0.15, 0.2) is 18.4 Å². The number of ether oxygens (including phenoxy) is 4. The lowest BCUT2D eigenvalue weighted by molar-refractivity contribution is -0.0478. The molecule has 0 saturated carbocycles. The third-order valence-electron chi connectivity index (χ3n) is 5.76.